The lowest BCUT2D eigenvalue weighted by atomic mass is 9.93. The molecule has 0 aliphatic carbocycles. The number of hydrogen-bond donors (Lipinski definition) is 2. The molecule has 1 aliphatic rings. The Morgan fingerprint density at radius 1 is 1.00 bits per heavy atom. The number of rotatable bonds is 5. The predicted molar refractivity (Wildman–Crippen MR) is 169 cm³/mol. The second-order valence-corrected chi connectivity index (χ2v) is 12.3. The Labute approximate surface area is 254 Å². The highest BCUT2D eigenvalue weighted by Crippen LogP contribution is 2.31. The number of nitrogens with one attached hydrogen (secondary N) is 2. The lowest BCUT2D eigenvalue weighted by Crippen LogP contribution is -2.48. The maximum Gasteiger partial charge on any atom is 0.324 e. The first-order valence-electron chi connectivity index (χ1n) is 13.8. The molecule has 0 radical (unpaired) electrons. The van der Waals surface area contributed by atoms with E-state index < -0.39 is 6.03 Å². The summed E-state index contributed by atoms with van der Waals surface area (Å²) >= 11 is 1.57. The minimum absolute atomic E-state index is 0. The zero-order chi connectivity index (χ0) is 28.7. The third kappa shape index (κ3) is 5.99. The molecule has 220 valence electrons. The maximum atomic E-state index is 13.1. The number of urea groups is 1. The number of anilines is 2. The standard InChI is InChI=1S/C30H33N7O3S.ClH/c1-5-35-12-14-36(15-13-35)27(38)20-8-11-23-24(16-20)41-29-32-22(18-37(23)29)19-6-9-21(10-7-19)31-28(39)33-26-17-25(40-34-26)30(2,3)4;/h6-11,16-18H,5,12-15H2,1-4H3,(H2,31,33,34,39);1H. The van der Waals surface area contributed by atoms with E-state index in [1.165, 1.54) is 0 Å². The average Bonchev–Trinajstić information content (AvgIpc) is 3.68. The van der Waals surface area contributed by atoms with Crippen molar-refractivity contribution in [2.24, 2.45) is 0 Å². The van der Waals surface area contributed by atoms with Crippen molar-refractivity contribution in [1.29, 1.82) is 0 Å². The Balaban J connectivity index is 0.00000353. The maximum absolute atomic E-state index is 13.1. The zero-order valence-corrected chi connectivity index (χ0v) is 25.6. The van der Waals surface area contributed by atoms with Gasteiger partial charge in [-0.15, -0.1) is 12.4 Å². The molecular formula is C30H34ClN7O3S. The number of amides is 3. The fourth-order valence-corrected chi connectivity index (χ4v) is 5.96. The Bertz CT molecular complexity index is 1730. The third-order valence-electron chi connectivity index (χ3n) is 7.38. The van der Waals surface area contributed by atoms with Crippen LogP contribution >= 0.6 is 23.7 Å². The SMILES string of the molecule is CCN1CCN(C(=O)c2ccc3c(c2)sc2nc(-c4ccc(NC(=O)Nc5cc(C(C)(C)C)on5)cc4)cn23)CC1.Cl. The van der Waals surface area contributed by atoms with Gasteiger partial charge in [0.15, 0.2) is 10.8 Å². The first-order valence-corrected chi connectivity index (χ1v) is 14.6. The lowest BCUT2D eigenvalue weighted by Gasteiger charge is -2.34. The normalized spacial score (nSPS) is 14.2. The van der Waals surface area contributed by atoms with E-state index in [0.29, 0.717) is 17.3 Å². The van der Waals surface area contributed by atoms with Gasteiger partial charge in [0.25, 0.3) is 5.91 Å². The molecule has 4 heterocycles. The van der Waals surface area contributed by atoms with Crippen LogP contribution < -0.4 is 10.6 Å². The molecule has 0 atom stereocenters. The van der Waals surface area contributed by atoms with E-state index in [1.807, 2.05) is 74.3 Å². The monoisotopic (exact) mass is 607 g/mol. The van der Waals surface area contributed by atoms with Crippen LogP contribution in [0.2, 0.25) is 0 Å². The molecule has 1 saturated heterocycles. The molecule has 1 fully saturated rings. The summed E-state index contributed by atoms with van der Waals surface area (Å²) in [4.78, 5) is 35.6. The van der Waals surface area contributed by atoms with Gasteiger partial charge in [-0.2, -0.15) is 0 Å². The van der Waals surface area contributed by atoms with E-state index in [1.54, 1.807) is 17.4 Å². The Kier molecular flexibility index (Phi) is 8.27. The smallest absolute Gasteiger partial charge is 0.324 e. The lowest BCUT2D eigenvalue weighted by molar-refractivity contribution is 0.0643. The van der Waals surface area contributed by atoms with Crippen LogP contribution in [-0.4, -0.2) is 69.0 Å². The quantitative estimate of drug-likeness (QED) is 0.241. The highest BCUT2D eigenvalue weighted by Gasteiger charge is 2.23. The Morgan fingerprint density at radius 2 is 1.74 bits per heavy atom. The molecule has 12 heteroatoms. The summed E-state index contributed by atoms with van der Waals surface area (Å²) in [5, 5.41) is 9.43. The number of hydrogen-bond acceptors (Lipinski definition) is 7. The van der Waals surface area contributed by atoms with Crippen molar-refractivity contribution < 1.29 is 14.1 Å². The second-order valence-electron chi connectivity index (χ2n) is 11.3. The van der Waals surface area contributed by atoms with Crippen LogP contribution in [0.3, 0.4) is 0 Å². The van der Waals surface area contributed by atoms with Crippen molar-refractivity contribution in [3.63, 3.8) is 0 Å². The highest BCUT2D eigenvalue weighted by molar-refractivity contribution is 7.23. The molecule has 0 spiro atoms. The molecule has 5 aromatic rings. The van der Waals surface area contributed by atoms with Gasteiger partial charge < -0.3 is 19.6 Å². The van der Waals surface area contributed by atoms with Crippen molar-refractivity contribution in [3.05, 3.63) is 66.1 Å². The van der Waals surface area contributed by atoms with E-state index in [0.717, 1.165) is 64.7 Å². The van der Waals surface area contributed by atoms with Crippen LogP contribution in [0.1, 0.15) is 43.8 Å². The van der Waals surface area contributed by atoms with Gasteiger partial charge in [-0.25, -0.2) is 9.78 Å². The number of fused-ring (bicyclic) bond motifs is 3. The number of carbonyl (C=O) groups excluding carboxylic acids is 2. The predicted octanol–water partition coefficient (Wildman–Crippen LogP) is 6.35. The number of carbonyl (C=O) groups is 2. The highest BCUT2D eigenvalue weighted by atomic mass is 35.5. The first-order chi connectivity index (χ1) is 19.7. The minimum atomic E-state index is -0.401. The van der Waals surface area contributed by atoms with E-state index in [-0.39, 0.29) is 23.7 Å². The van der Waals surface area contributed by atoms with Crippen molar-refractivity contribution in [3.8, 4) is 11.3 Å². The molecule has 10 nitrogen and oxygen atoms in total. The summed E-state index contributed by atoms with van der Waals surface area (Å²) in [6.45, 7) is 12.6. The molecule has 3 aromatic heterocycles. The van der Waals surface area contributed by atoms with Crippen LogP contribution in [0.5, 0.6) is 0 Å². The summed E-state index contributed by atoms with van der Waals surface area (Å²) in [5.41, 5.74) is 3.96. The van der Waals surface area contributed by atoms with Gasteiger partial charge in [-0.1, -0.05) is 56.3 Å². The van der Waals surface area contributed by atoms with Gasteiger partial charge in [-0.3, -0.25) is 14.5 Å². The molecule has 2 N–H and O–H groups in total. The van der Waals surface area contributed by atoms with Crippen molar-refractivity contribution in [1.82, 2.24) is 24.3 Å². The van der Waals surface area contributed by atoms with Gasteiger partial charge in [0.2, 0.25) is 0 Å². The van der Waals surface area contributed by atoms with Gasteiger partial charge in [-0.05, 0) is 36.9 Å². The second kappa shape index (κ2) is 11.7. The number of halogens is 1. The third-order valence-corrected chi connectivity index (χ3v) is 8.39. The van der Waals surface area contributed by atoms with Crippen LogP contribution in [0.15, 0.2) is 59.3 Å². The summed E-state index contributed by atoms with van der Waals surface area (Å²) in [6.07, 6.45) is 2.01. The summed E-state index contributed by atoms with van der Waals surface area (Å²) in [7, 11) is 0. The first kappa shape index (κ1) is 29.6. The van der Waals surface area contributed by atoms with Crippen molar-refractivity contribution >= 4 is 62.4 Å². The van der Waals surface area contributed by atoms with E-state index in [4.69, 9.17) is 9.51 Å². The molecule has 42 heavy (non-hydrogen) atoms. The van der Waals surface area contributed by atoms with E-state index in [2.05, 4.69) is 32.0 Å². The molecule has 0 saturated carbocycles. The van der Waals surface area contributed by atoms with Gasteiger partial charge in [0, 0.05) is 60.7 Å². The molecule has 0 unspecified atom stereocenters. The number of likely N-dealkylation sites (N-methyl/N-ethyl adjacent to an activating group) is 1. The minimum Gasteiger partial charge on any atom is -0.359 e. The average molecular weight is 608 g/mol. The molecule has 1 aliphatic heterocycles. The summed E-state index contributed by atoms with van der Waals surface area (Å²) in [6, 6.07) is 14.7. The fourth-order valence-electron chi connectivity index (χ4n) is 4.91. The zero-order valence-electron chi connectivity index (χ0n) is 24.0. The number of benzene rings is 2. The largest absolute Gasteiger partial charge is 0.359 e. The number of imidazole rings is 1. The Hall–Kier alpha value is -3.93. The van der Waals surface area contributed by atoms with Gasteiger partial charge in [0.05, 0.1) is 15.9 Å². The molecular weight excluding hydrogens is 574 g/mol. The van der Waals surface area contributed by atoms with E-state index in [9.17, 15) is 9.59 Å². The van der Waals surface area contributed by atoms with E-state index >= 15 is 0 Å². The van der Waals surface area contributed by atoms with Crippen LogP contribution in [0.25, 0.3) is 26.4 Å². The topological polar surface area (TPSA) is 108 Å². The Morgan fingerprint density at radius 3 is 2.40 bits per heavy atom. The summed E-state index contributed by atoms with van der Waals surface area (Å²) < 4.78 is 8.41. The number of nitrogens with zero attached hydrogens (tertiary/aromatic N) is 5. The van der Waals surface area contributed by atoms with Crippen molar-refractivity contribution in [2.45, 2.75) is 33.1 Å². The van der Waals surface area contributed by atoms with Crippen LogP contribution in [-0.2, 0) is 5.41 Å². The van der Waals surface area contributed by atoms with Crippen LogP contribution in [0, 0.1) is 0 Å². The van der Waals surface area contributed by atoms with Gasteiger partial charge in [0.1, 0.15) is 5.76 Å². The number of aromatic nitrogens is 3. The number of thiazole rings is 1. The summed E-state index contributed by atoms with van der Waals surface area (Å²) in [5.74, 6) is 1.15. The van der Waals surface area contributed by atoms with Gasteiger partial charge >= 0.3 is 6.03 Å². The fraction of sp³-hybridized carbons (Fsp3) is 0.333. The van der Waals surface area contributed by atoms with Crippen LogP contribution in [0.4, 0.5) is 16.3 Å². The molecule has 6 rings (SSSR count). The molecule has 0 bridgehead atoms. The molecule has 3 amide bonds. The van der Waals surface area contributed by atoms with Crippen molar-refractivity contribution in [2.75, 3.05) is 43.4 Å². The number of piperazine rings is 1. The molecule has 2 aromatic carbocycles.